The largest absolute Gasteiger partial charge is 0.363 e. The van der Waals surface area contributed by atoms with Gasteiger partial charge in [0.15, 0.2) is 0 Å². The summed E-state index contributed by atoms with van der Waals surface area (Å²) in [6.07, 6.45) is 4.04. The number of hydrogen-bond donors (Lipinski definition) is 0. The maximum absolute atomic E-state index is 4.48. The van der Waals surface area contributed by atoms with E-state index < -0.39 is 0 Å². The normalized spacial score (nSPS) is 31.9. The van der Waals surface area contributed by atoms with Crippen molar-refractivity contribution in [3.05, 3.63) is 0 Å². The predicted octanol–water partition coefficient (Wildman–Crippen LogP) is 1.13. The highest BCUT2D eigenvalue weighted by Crippen LogP contribution is 2.25. The Morgan fingerprint density at radius 2 is 2.40 bits per heavy atom. The molecule has 1 atom stereocenters. The third-order valence-electron chi connectivity index (χ3n) is 2.55. The van der Waals surface area contributed by atoms with Crippen molar-refractivity contribution in [2.75, 3.05) is 20.1 Å². The average molecular weight is 138 g/mol. The monoisotopic (exact) mass is 138 g/mol. The Morgan fingerprint density at radius 3 is 3.20 bits per heavy atom. The summed E-state index contributed by atoms with van der Waals surface area (Å²) >= 11 is 0. The van der Waals surface area contributed by atoms with Gasteiger partial charge in [0.2, 0.25) is 0 Å². The molecule has 0 radical (unpaired) electrons. The van der Waals surface area contributed by atoms with E-state index in [-0.39, 0.29) is 0 Å². The van der Waals surface area contributed by atoms with E-state index in [1.54, 1.807) is 0 Å². The van der Waals surface area contributed by atoms with Gasteiger partial charge in [-0.2, -0.15) is 0 Å². The van der Waals surface area contributed by atoms with Crippen LogP contribution >= 0.6 is 0 Å². The van der Waals surface area contributed by atoms with E-state index in [1.165, 1.54) is 31.6 Å². The third-order valence-corrected chi connectivity index (χ3v) is 2.55. The topological polar surface area (TPSA) is 15.6 Å². The second-order valence-electron chi connectivity index (χ2n) is 3.29. The van der Waals surface area contributed by atoms with Gasteiger partial charge in [-0.25, -0.2) is 0 Å². The minimum atomic E-state index is 0.818. The summed E-state index contributed by atoms with van der Waals surface area (Å²) in [6.45, 7) is 2.29. The minimum absolute atomic E-state index is 0.818. The maximum Gasteiger partial charge on any atom is 0.102 e. The van der Waals surface area contributed by atoms with Gasteiger partial charge < -0.3 is 4.90 Å². The lowest BCUT2D eigenvalue weighted by Gasteiger charge is -2.29. The van der Waals surface area contributed by atoms with E-state index in [4.69, 9.17) is 0 Å². The van der Waals surface area contributed by atoms with E-state index in [0.29, 0.717) is 0 Å². The molecule has 0 aromatic heterocycles. The first-order valence-electron chi connectivity index (χ1n) is 4.13. The summed E-state index contributed by atoms with van der Waals surface area (Å²) in [5.74, 6) is 2.20. The Hall–Kier alpha value is -0.530. The van der Waals surface area contributed by atoms with Crippen LogP contribution in [0.15, 0.2) is 4.99 Å². The van der Waals surface area contributed by atoms with Gasteiger partial charge in [0, 0.05) is 26.1 Å². The molecule has 2 heterocycles. The molecule has 0 saturated carbocycles. The number of aliphatic imine (C=N–C) groups is 1. The number of likely N-dealkylation sites (tertiary alicyclic amines) is 1. The Kier molecular flexibility index (Phi) is 1.40. The average Bonchev–Trinajstić information content (AvgIpc) is 2.36. The number of piperidine rings is 1. The van der Waals surface area contributed by atoms with Crippen LogP contribution in [-0.4, -0.2) is 30.9 Å². The molecule has 0 aliphatic carbocycles. The molecule has 0 aromatic rings. The van der Waals surface area contributed by atoms with Crippen LogP contribution in [0.2, 0.25) is 0 Å². The molecule has 0 bridgehead atoms. The van der Waals surface area contributed by atoms with E-state index in [0.717, 1.165) is 12.5 Å². The van der Waals surface area contributed by atoms with Gasteiger partial charge in [0.05, 0.1) is 0 Å². The molecular formula is C8H14N2. The maximum atomic E-state index is 4.48. The smallest absolute Gasteiger partial charge is 0.102 e. The first-order chi connectivity index (χ1) is 4.88. The number of fused-ring (bicyclic) bond motifs is 1. The fourth-order valence-corrected chi connectivity index (χ4v) is 1.99. The van der Waals surface area contributed by atoms with Crippen LogP contribution in [0.4, 0.5) is 0 Å². The fourth-order valence-electron chi connectivity index (χ4n) is 1.99. The van der Waals surface area contributed by atoms with E-state index >= 15 is 0 Å². The Balaban J connectivity index is 2.15. The highest BCUT2D eigenvalue weighted by atomic mass is 15.2. The first-order valence-corrected chi connectivity index (χ1v) is 4.13. The molecule has 0 spiro atoms. The Labute approximate surface area is 61.9 Å². The molecule has 1 unspecified atom stereocenters. The van der Waals surface area contributed by atoms with E-state index in [1.807, 2.05) is 0 Å². The fraction of sp³-hybridized carbons (Fsp3) is 0.875. The first kappa shape index (κ1) is 6.20. The highest BCUT2D eigenvalue weighted by Gasteiger charge is 2.26. The van der Waals surface area contributed by atoms with Crippen molar-refractivity contribution in [1.29, 1.82) is 0 Å². The molecule has 10 heavy (non-hydrogen) atoms. The predicted molar refractivity (Wildman–Crippen MR) is 42.3 cm³/mol. The van der Waals surface area contributed by atoms with Gasteiger partial charge in [-0.1, -0.05) is 0 Å². The highest BCUT2D eigenvalue weighted by molar-refractivity contribution is 5.86. The molecule has 0 N–H and O–H groups in total. The third kappa shape index (κ3) is 0.825. The van der Waals surface area contributed by atoms with Crippen LogP contribution in [0, 0.1) is 5.92 Å². The molecule has 1 fully saturated rings. The van der Waals surface area contributed by atoms with Crippen molar-refractivity contribution in [1.82, 2.24) is 4.90 Å². The van der Waals surface area contributed by atoms with Crippen LogP contribution in [-0.2, 0) is 0 Å². The summed E-state index contributed by atoms with van der Waals surface area (Å²) in [7, 11) is 2.16. The molecular weight excluding hydrogens is 124 g/mol. The van der Waals surface area contributed by atoms with Crippen molar-refractivity contribution in [2.45, 2.75) is 19.3 Å². The van der Waals surface area contributed by atoms with Crippen molar-refractivity contribution < 1.29 is 0 Å². The summed E-state index contributed by atoms with van der Waals surface area (Å²) in [5.41, 5.74) is 0. The van der Waals surface area contributed by atoms with E-state index in [2.05, 4.69) is 16.9 Å². The second-order valence-corrected chi connectivity index (χ2v) is 3.29. The molecule has 2 aliphatic rings. The molecule has 2 aliphatic heterocycles. The lowest BCUT2D eigenvalue weighted by Crippen LogP contribution is -2.36. The summed E-state index contributed by atoms with van der Waals surface area (Å²) in [5, 5.41) is 0. The quantitative estimate of drug-likeness (QED) is 0.490. The molecule has 2 rings (SSSR count). The molecule has 1 saturated heterocycles. The zero-order valence-corrected chi connectivity index (χ0v) is 6.51. The number of hydrogen-bond acceptors (Lipinski definition) is 2. The van der Waals surface area contributed by atoms with Crippen LogP contribution in [0.25, 0.3) is 0 Å². The Morgan fingerprint density at radius 1 is 1.50 bits per heavy atom. The minimum Gasteiger partial charge on any atom is -0.363 e. The number of nitrogens with zero attached hydrogens (tertiary/aromatic N) is 2. The molecule has 2 nitrogen and oxygen atoms in total. The lowest BCUT2D eigenvalue weighted by molar-refractivity contribution is 0.385. The van der Waals surface area contributed by atoms with Crippen molar-refractivity contribution in [3.8, 4) is 0 Å². The van der Waals surface area contributed by atoms with Crippen LogP contribution in [0.3, 0.4) is 0 Å². The zero-order chi connectivity index (χ0) is 6.97. The number of amidine groups is 1. The van der Waals surface area contributed by atoms with Gasteiger partial charge in [-0.15, -0.1) is 0 Å². The van der Waals surface area contributed by atoms with Crippen LogP contribution in [0.1, 0.15) is 19.3 Å². The van der Waals surface area contributed by atoms with Gasteiger partial charge in [0.25, 0.3) is 0 Å². The lowest BCUT2D eigenvalue weighted by atomic mass is 9.96. The summed E-state index contributed by atoms with van der Waals surface area (Å²) < 4.78 is 0. The molecule has 2 heteroatoms. The van der Waals surface area contributed by atoms with Gasteiger partial charge >= 0.3 is 0 Å². The van der Waals surface area contributed by atoms with Crippen molar-refractivity contribution in [2.24, 2.45) is 10.9 Å². The second kappa shape index (κ2) is 2.26. The van der Waals surface area contributed by atoms with Gasteiger partial charge in [-0.05, 0) is 19.3 Å². The molecule has 56 valence electrons. The van der Waals surface area contributed by atoms with Gasteiger partial charge in [-0.3, -0.25) is 4.99 Å². The van der Waals surface area contributed by atoms with Crippen LogP contribution < -0.4 is 0 Å². The SMILES string of the molecule is CN1CCCC2CCN=C21. The van der Waals surface area contributed by atoms with E-state index in [9.17, 15) is 0 Å². The summed E-state index contributed by atoms with van der Waals surface area (Å²) in [4.78, 5) is 6.80. The molecule has 0 aromatic carbocycles. The van der Waals surface area contributed by atoms with Gasteiger partial charge in [0.1, 0.15) is 5.84 Å². The Bertz CT molecular complexity index is 163. The van der Waals surface area contributed by atoms with Crippen molar-refractivity contribution >= 4 is 5.84 Å². The van der Waals surface area contributed by atoms with Crippen LogP contribution in [0.5, 0.6) is 0 Å². The van der Waals surface area contributed by atoms with Crippen molar-refractivity contribution in [3.63, 3.8) is 0 Å². The number of rotatable bonds is 0. The zero-order valence-electron chi connectivity index (χ0n) is 6.51. The summed E-state index contributed by atoms with van der Waals surface area (Å²) in [6, 6.07) is 0. The molecule has 0 amide bonds. The standard InChI is InChI=1S/C8H14N2/c1-10-6-2-3-7-4-5-9-8(7)10/h7H,2-6H2,1H3.